The molecule has 2 atom stereocenters. The number of rotatable bonds is 5. The lowest BCUT2D eigenvalue weighted by atomic mass is 9.68. The Balaban J connectivity index is 1.49. The van der Waals surface area contributed by atoms with Gasteiger partial charge in [-0.1, -0.05) is 51.1 Å². The van der Waals surface area contributed by atoms with Gasteiger partial charge in [-0.05, 0) is 41.2 Å². The average molecular weight is 470 g/mol. The molecule has 2 aromatic heterocycles. The molecule has 1 amide bonds. The van der Waals surface area contributed by atoms with Crippen LogP contribution in [0.5, 0.6) is 0 Å². The van der Waals surface area contributed by atoms with E-state index >= 15 is 0 Å². The fourth-order valence-electron chi connectivity index (χ4n) is 5.09. The molecule has 3 heterocycles. The van der Waals surface area contributed by atoms with E-state index in [-0.39, 0.29) is 17.3 Å². The van der Waals surface area contributed by atoms with E-state index in [1.165, 1.54) is 11.1 Å². The number of aliphatic hydroxyl groups excluding tert-OH is 1. The molecular weight excluding hydrogens is 438 g/mol. The normalized spacial score (nSPS) is 17.7. The number of amides is 1. The van der Waals surface area contributed by atoms with E-state index in [2.05, 4.69) is 66.2 Å². The largest absolute Gasteiger partial charge is 0.391 e. The van der Waals surface area contributed by atoms with Crippen LogP contribution < -0.4 is 5.73 Å². The number of nitrogens with zero attached hydrogens (tertiary/aromatic N) is 3. The molecule has 5 rings (SSSR count). The molecule has 7 heteroatoms. The highest BCUT2D eigenvalue weighted by molar-refractivity contribution is 5.99. The highest BCUT2D eigenvalue weighted by Crippen LogP contribution is 2.42. The third kappa shape index (κ3) is 4.06. The van der Waals surface area contributed by atoms with Gasteiger partial charge in [0.15, 0.2) is 0 Å². The highest BCUT2D eigenvalue weighted by Gasteiger charge is 2.35. The van der Waals surface area contributed by atoms with Crippen molar-refractivity contribution >= 4 is 22.8 Å². The summed E-state index contributed by atoms with van der Waals surface area (Å²) < 4.78 is 0. The minimum Gasteiger partial charge on any atom is -0.391 e. The number of aromatic amines is 1. The Morgan fingerprint density at radius 2 is 1.86 bits per heavy atom. The van der Waals surface area contributed by atoms with Crippen molar-refractivity contribution in [3.8, 4) is 11.1 Å². The Labute approximate surface area is 205 Å². The minimum absolute atomic E-state index is 0.0338. The number of H-pyrrole nitrogens is 1. The number of aromatic nitrogens is 3. The van der Waals surface area contributed by atoms with E-state index in [1.54, 1.807) is 17.3 Å². The second kappa shape index (κ2) is 8.82. The predicted molar refractivity (Wildman–Crippen MR) is 138 cm³/mol. The molecule has 0 saturated carbocycles. The van der Waals surface area contributed by atoms with Crippen molar-refractivity contribution in [1.29, 1.82) is 0 Å². The maximum absolute atomic E-state index is 12.9. The first kappa shape index (κ1) is 23.1. The third-order valence-electron chi connectivity index (χ3n) is 7.58. The van der Waals surface area contributed by atoms with Crippen molar-refractivity contribution in [1.82, 2.24) is 19.9 Å². The summed E-state index contributed by atoms with van der Waals surface area (Å²) in [5.41, 5.74) is 11.3. The first-order chi connectivity index (χ1) is 16.8. The van der Waals surface area contributed by atoms with E-state index in [9.17, 15) is 9.90 Å². The SMILES string of the molecule is CC(C)C(C)(c1ccc(-c2cnc(N)nc2)cc1)c1c[nH]c2cc(C(=O)N3CCC(O)C3)ccc12. The number of aliphatic hydroxyl groups is 1. The van der Waals surface area contributed by atoms with Gasteiger partial charge in [0.1, 0.15) is 0 Å². The number of carbonyl (C=O) groups is 1. The van der Waals surface area contributed by atoms with Gasteiger partial charge in [-0.25, -0.2) is 9.97 Å². The Morgan fingerprint density at radius 1 is 1.14 bits per heavy atom. The Kier molecular flexibility index (Phi) is 5.81. The van der Waals surface area contributed by atoms with Crippen LogP contribution in [0.25, 0.3) is 22.0 Å². The number of benzene rings is 2. The molecular formula is C28H31N5O2. The second-order valence-electron chi connectivity index (χ2n) is 9.92. The number of hydrogen-bond donors (Lipinski definition) is 3. The fraction of sp³-hybridized carbons (Fsp3) is 0.321. The van der Waals surface area contributed by atoms with Crippen molar-refractivity contribution in [2.75, 3.05) is 18.8 Å². The number of fused-ring (bicyclic) bond motifs is 1. The molecule has 1 aliphatic heterocycles. The van der Waals surface area contributed by atoms with E-state index in [1.807, 2.05) is 18.2 Å². The standard InChI is InChI=1S/C28H31N5O2/c1-17(2)28(3,21-7-4-18(5-8-21)20-13-31-27(29)32-14-20)24-15-30-25-12-19(6-9-23(24)25)26(35)33-11-10-22(34)16-33/h4-9,12-15,17,22,30,34H,10-11,16H2,1-3H3,(H2,29,31,32). The molecule has 7 nitrogen and oxygen atoms in total. The first-order valence-corrected chi connectivity index (χ1v) is 12.0. The van der Waals surface area contributed by atoms with Crippen molar-refractivity contribution in [2.24, 2.45) is 5.92 Å². The van der Waals surface area contributed by atoms with Crippen LogP contribution in [0.3, 0.4) is 0 Å². The van der Waals surface area contributed by atoms with Gasteiger partial charge in [-0.2, -0.15) is 0 Å². The van der Waals surface area contributed by atoms with Crippen LogP contribution >= 0.6 is 0 Å². The van der Waals surface area contributed by atoms with E-state index in [0.717, 1.165) is 22.0 Å². The lowest BCUT2D eigenvalue weighted by molar-refractivity contribution is 0.0765. The van der Waals surface area contributed by atoms with Crippen LogP contribution in [0.1, 0.15) is 48.7 Å². The molecule has 4 N–H and O–H groups in total. The van der Waals surface area contributed by atoms with Crippen LogP contribution in [0.2, 0.25) is 0 Å². The minimum atomic E-state index is -0.426. The molecule has 1 saturated heterocycles. The van der Waals surface area contributed by atoms with Gasteiger partial charge >= 0.3 is 0 Å². The fourth-order valence-corrected chi connectivity index (χ4v) is 5.09. The number of β-amino-alcohol motifs (C(OH)–C–C–N with tert-alkyl or cyclic N) is 1. The number of nitrogens with two attached hydrogens (primary N) is 1. The number of anilines is 1. The topological polar surface area (TPSA) is 108 Å². The zero-order valence-corrected chi connectivity index (χ0v) is 20.3. The van der Waals surface area contributed by atoms with E-state index in [0.29, 0.717) is 31.0 Å². The van der Waals surface area contributed by atoms with Gasteiger partial charge in [0.2, 0.25) is 5.95 Å². The molecule has 35 heavy (non-hydrogen) atoms. The van der Waals surface area contributed by atoms with Gasteiger partial charge in [-0.3, -0.25) is 4.79 Å². The number of carbonyl (C=O) groups excluding carboxylic acids is 1. The first-order valence-electron chi connectivity index (χ1n) is 12.0. The molecule has 180 valence electrons. The van der Waals surface area contributed by atoms with Crippen LogP contribution in [0.15, 0.2) is 61.1 Å². The van der Waals surface area contributed by atoms with Gasteiger partial charge < -0.3 is 20.7 Å². The summed E-state index contributed by atoms with van der Waals surface area (Å²) in [6.45, 7) is 7.73. The maximum Gasteiger partial charge on any atom is 0.254 e. The number of likely N-dealkylation sites (tertiary alicyclic amines) is 1. The van der Waals surface area contributed by atoms with Crippen LogP contribution in [0, 0.1) is 5.92 Å². The summed E-state index contributed by atoms with van der Waals surface area (Å²) in [6.07, 6.45) is 5.75. The molecule has 1 aliphatic rings. The maximum atomic E-state index is 12.9. The quantitative estimate of drug-likeness (QED) is 0.402. The van der Waals surface area contributed by atoms with Gasteiger partial charge in [-0.15, -0.1) is 0 Å². The van der Waals surface area contributed by atoms with Crippen molar-refractivity contribution < 1.29 is 9.90 Å². The number of nitrogen functional groups attached to an aromatic ring is 1. The van der Waals surface area contributed by atoms with Crippen LogP contribution in [-0.2, 0) is 5.41 Å². The molecule has 2 aromatic carbocycles. The van der Waals surface area contributed by atoms with Crippen molar-refractivity contribution in [2.45, 2.75) is 38.7 Å². The third-order valence-corrected chi connectivity index (χ3v) is 7.58. The Bertz CT molecular complexity index is 1360. The molecule has 0 bridgehead atoms. The summed E-state index contributed by atoms with van der Waals surface area (Å²) in [6, 6.07) is 14.4. The summed E-state index contributed by atoms with van der Waals surface area (Å²) in [5.74, 6) is 0.549. The molecule has 0 radical (unpaired) electrons. The lowest BCUT2D eigenvalue weighted by Crippen LogP contribution is -2.30. The van der Waals surface area contributed by atoms with E-state index in [4.69, 9.17) is 5.73 Å². The predicted octanol–water partition coefficient (Wildman–Crippen LogP) is 4.38. The average Bonchev–Trinajstić information content (AvgIpc) is 3.49. The number of nitrogens with one attached hydrogen (secondary N) is 1. The van der Waals surface area contributed by atoms with Gasteiger partial charge in [0.05, 0.1) is 6.10 Å². The summed E-state index contributed by atoms with van der Waals surface area (Å²) >= 11 is 0. The Morgan fingerprint density at radius 3 is 2.49 bits per heavy atom. The lowest BCUT2D eigenvalue weighted by Gasteiger charge is -2.35. The van der Waals surface area contributed by atoms with Crippen molar-refractivity contribution in [3.63, 3.8) is 0 Å². The zero-order valence-electron chi connectivity index (χ0n) is 20.3. The number of hydrogen-bond acceptors (Lipinski definition) is 5. The molecule has 0 spiro atoms. The van der Waals surface area contributed by atoms with Crippen molar-refractivity contribution in [3.05, 3.63) is 77.7 Å². The summed E-state index contributed by atoms with van der Waals surface area (Å²) in [4.78, 5) is 26.3. The molecule has 1 fully saturated rings. The molecule has 0 aliphatic carbocycles. The van der Waals surface area contributed by atoms with Crippen LogP contribution in [-0.4, -0.2) is 50.1 Å². The highest BCUT2D eigenvalue weighted by atomic mass is 16.3. The molecule has 2 unspecified atom stereocenters. The monoisotopic (exact) mass is 469 g/mol. The smallest absolute Gasteiger partial charge is 0.254 e. The second-order valence-corrected chi connectivity index (χ2v) is 9.92. The molecule has 4 aromatic rings. The van der Waals surface area contributed by atoms with Gasteiger partial charge in [0.25, 0.3) is 5.91 Å². The Hall–Kier alpha value is -3.71. The van der Waals surface area contributed by atoms with E-state index < -0.39 is 6.10 Å². The van der Waals surface area contributed by atoms with Crippen LogP contribution in [0.4, 0.5) is 5.95 Å². The summed E-state index contributed by atoms with van der Waals surface area (Å²) in [5, 5.41) is 10.9. The van der Waals surface area contributed by atoms with Gasteiger partial charge in [0, 0.05) is 59.1 Å². The summed E-state index contributed by atoms with van der Waals surface area (Å²) in [7, 11) is 0. The zero-order chi connectivity index (χ0) is 24.7.